The second kappa shape index (κ2) is 5.45. The summed E-state index contributed by atoms with van der Waals surface area (Å²) < 4.78 is 5.22. The number of ether oxygens (including phenoxy) is 1. The molecule has 19 heavy (non-hydrogen) atoms. The minimum Gasteiger partial charge on any atom is -0.481 e. The van der Waals surface area contributed by atoms with Gasteiger partial charge in [-0.3, -0.25) is 0 Å². The van der Waals surface area contributed by atoms with Gasteiger partial charge < -0.3 is 15.4 Å². The van der Waals surface area contributed by atoms with Gasteiger partial charge in [0.25, 0.3) is 0 Å². The van der Waals surface area contributed by atoms with Crippen molar-refractivity contribution >= 4 is 16.5 Å². The van der Waals surface area contributed by atoms with Crippen molar-refractivity contribution in [2.75, 3.05) is 25.5 Å². The second-order valence-electron chi connectivity index (χ2n) is 4.92. The van der Waals surface area contributed by atoms with Crippen LogP contribution >= 0.6 is 0 Å². The smallest absolute Gasteiger partial charge is 0.213 e. The van der Waals surface area contributed by atoms with Gasteiger partial charge in [0.1, 0.15) is 0 Å². The maximum Gasteiger partial charge on any atom is 0.213 e. The maximum absolute atomic E-state index is 5.22. The lowest BCUT2D eigenvalue weighted by Gasteiger charge is -2.25. The van der Waals surface area contributed by atoms with Gasteiger partial charge in [0.15, 0.2) is 0 Å². The van der Waals surface area contributed by atoms with Crippen molar-refractivity contribution in [3.63, 3.8) is 0 Å². The highest BCUT2D eigenvalue weighted by atomic mass is 16.5. The fourth-order valence-electron chi connectivity index (χ4n) is 2.57. The van der Waals surface area contributed by atoms with Crippen molar-refractivity contribution < 1.29 is 4.74 Å². The molecule has 0 aliphatic carbocycles. The van der Waals surface area contributed by atoms with Crippen LogP contribution in [0.25, 0.3) is 10.8 Å². The zero-order valence-electron chi connectivity index (χ0n) is 11.1. The summed E-state index contributed by atoms with van der Waals surface area (Å²) >= 11 is 0. The summed E-state index contributed by atoms with van der Waals surface area (Å²) in [5.41, 5.74) is 1.17. The van der Waals surface area contributed by atoms with Gasteiger partial charge in [-0.05, 0) is 32.0 Å². The first-order valence-corrected chi connectivity index (χ1v) is 6.77. The Morgan fingerprint density at radius 2 is 2.16 bits per heavy atom. The first-order chi connectivity index (χ1) is 9.36. The van der Waals surface area contributed by atoms with Crippen molar-refractivity contribution in [3.8, 4) is 5.88 Å². The number of anilines is 1. The predicted octanol–water partition coefficient (Wildman–Crippen LogP) is 2.41. The molecule has 0 atom stereocenters. The normalized spacial score (nSPS) is 16.5. The molecule has 1 fully saturated rings. The lowest BCUT2D eigenvalue weighted by Crippen LogP contribution is -2.35. The third kappa shape index (κ3) is 2.63. The van der Waals surface area contributed by atoms with Crippen LogP contribution in [0.3, 0.4) is 0 Å². The third-order valence-electron chi connectivity index (χ3n) is 3.65. The standard InChI is InChI=1S/C15H19N3O/c1-19-15-9-13-11(10-17-15)3-2-4-14(13)18-12-5-7-16-8-6-12/h2-4,9-10,12,16,18H,5-8H2,1H3. The highest BCUT2D eigenvalue weighted by Gasteiger charge is 2.13. The van der Waals surface area contributed by atoms with Crippen LogP contribution in [-0.4, -0.2) is 31.2 Å². The summed E-state index contributed by atoms with van der Waals surface area (Å²) in [6.45, 7) is 2.18. The molecular formula is C15H19N3O. The molecule has 1 aliphatic heterocycles. The van der Waals surface area contributed by atoms with Crippen LogP contribution in [0, 0.1) is 0 Å². The number of hydrogen-bond acceptors (Lipinski definition) is 4. The van der Waals surface area contributed by atoms with Crippen molar-refractivity contribution in [2.24, 2.45) is 0 Å². The van der Waals surface area contributed by atoms with Crippen LogP contribution in [-0.2, 0) is 0 Å². The Hall–Kier alpha value is -1.81. The van der Waals surface area contributed by atoms with Crippen molar-refractivity contribution in [2.45, 2.75) is 18.9 Å². The highest BCUT2D eigenvalue weighted by molar-refractivity contribution is 5.94. The minimum atomic E-state index is 0.547. The fraction of sp³-hybridized carbons (Fsp3) is 0.400. The average molecular weight is 257 g/mol. The molecule has 2 N–H and O–H groups in total. The predicted molar refractivity (Wildman–Crippen MR) is 77.8 cm³/mol. The van der Waals surface area contributed by atoms with E-state index in [9.17, 15) is 0 Å². The maximum atomic E-state index is 5.22. The number of benzene rings is 1. The summed E-state index contributed by atoms with van der Waals surface area (Å²) in [6, 6.07) is 8.82. The van der Waals surface area contributed by atoms with Crippen molar-refractivity contribution in [3.05, 3.63) is 30.5 Å². The summed E-state index contributed by atoms with van der Waals surface area (Å²) in [7, 11) is 1.65. The molecule has 100 valence electrons. The number of fused-ring (bicyclic) bond motifs is 1. The van der Waals surface area contributed by atoms with Crippen LogP contribution in [0.5, 0.6) is 5.88 Å². The SMILES string of the molecule is COc1cc2c(NC3CCNCC3)cccc2cn1. The van der Waals surface area contributed by atoms with E-state index in [2.05, 4.69) is 33.8 Å². The Bertz CT molecular complexity index is 564. The van der Waals surface area contributed by atoms with E-state index in [1.807, 2.05) is 12.3 Å². The van der Waals surface area contributed by atoms with Crippen LogP contribution in [0.2, 0.25) is 0 Å². The number of piperidine rings is 1. The number of hydrogen-bond donors (Lipinski definition) is 2. The molecule has 2 aromatic rings. The molecule has 1 aliphatic rings. The van der Waals surface area contributed by atoms with Gasteiger partial charge in [-0.2, -0.15) is 0 Å². The Balaban J connectivity index is 1.92. The Morgan fingerprint density at radius 3 is 2.95 bits per heavy atom. The average Bonchev–Trinajstić information content (AvgIpc) is 2.48. The molecule has 1 aromatic heterocycles. The molecular weight excluding hydrogens is 238 g/mol. The van der Waals surface area contributed by atoms with Gasteiger partial charge in [0.05, 0.1) is 7.11 Å². The Morgan fingerprint density at radius 1 is 1.32 bits per heavy atom. The van der Waals surface area contributed by atoms with E-state index in [-0.39, 0.29) is 0 Å². The van der Waals surface area contributed by atoms with E-state index in [1.54, 1.807) is 7.11 Å². The van der Waals surface area contributed by atoms with Gasteiger partial charge in [-0.25, -0.2) is 4.98 Å². The first kappa shape index (κ1) is 12.2. The summed E-state index contributed by atoms with van der Waals surface area (Å²) in [6.07, 6.45) is 4.19. The summed E-state index contributed by atoms with van der Waals surface area (Å²) in [4.78, 5) is 4.25. The van der Waals surface area contributed by atoms with E-state index < -0.39 is 0 Å². The molecule has 0 spiro atoms. The van der Waals surface area contributed by atoms with Gasteiger partial charge in [-0.15, -0.1) is 0 Å². The number of methoxy groups -OCH3 is 1. The number of nitrogens with zero attached hydrogens (tertiary/aromatic N) is 1. The largest absolute Gasteiger partial charge is 0.481 e. The second-order valence-corrected chi connectivity index (χ2v) is 4.92. The van der Waals surface area contributed by atoms with E-state index in [1.165, 1.54) is 23.9 Å². The quantitative estimate of drug-likeness (QED) is 0.886. The number of pyridine rings is 1. The van der Waals surface area contributed by atoms with Crippen LogP contribution in [0.1, 0.15) is 12.8 Å². The van der Waals surface area contributed by atoms with Crippen molar-refractivity contribution in [1.82, 2.24) is 10.3 Å². The fourth-order valence-corrected chi connectivity index (χ4v) is 2.57. The molecule has 3 rings (SSSR count). The molecule has 0 bridgehead atoms. The molecule has 0 radical (unpaired) electrons. The highest BCUT2D eigenvalue weighted by Crippen LogP contribution is 2.27. The van der Waals surface area contributed by atoms with E-state index in [0.29, 0.717) is 11.9 Å². The van der Waals surface area contributed by atoms with E-state index in [0.717, 1.165) is 18.5 Å². The molecule has 4 heteroatoms. The van der Waals surface area contributed by atoms with Crippen LogP contribution in [0.15, 0.2) is 30.5 Å². The topological polar surface area (TPSA) is 46.2 Å². The van der Waals surface area contributed by atoms with E-state index >= 15 is 0 Å². The van der Waals surface area contributed by atoms with Crippen LogP contribution in [0.4, 0.5) is 5.69 Å². The van der Waals surface area contributed by atoms with Gasteiger partial charge >= 0.3 is 0 Å². The zero-order valence-corrected chi connectivity index (χ0v) is 11.1. The number of nitrogens with one attached hydrogen (secondary N) is 2. The Labute approximate surface area is 113 Å². The molecule has 1 saturated heterocycles. The van der Waals surface area contributed by atoms with E-state index in [4.69, 9.17) is 4.74 Å². The monoisotopic (exact) mass is 257 g/mol. The van der Waals surface area contributed by atoms with Crippen LogP contribution < -0.4 is 15.4 Å². The molecule has 0 unspecified atom stereocenters. The molecule has 4 nitrogen and oxygen atoms in total. The Kier molecular flexibility index (Phi) is 3.51. The third-order valence-corrected chi connectivity index (χ3v) is 3.65. The summed E-state index contributed by atoms with van der Waals surface area (Å²) in [5.74, 6) is 0.659. The number of aromatic nitrogens is 1. The number of rotatable bonds is 3. The minimum absolute atomic E-state index is 0.547. The van der Waals surface area contributed by atoms with Gasteiger partial charge in [-0.1, -0.05) is 12.1 Å². The molecule has 0 amide bonds. The lowest BCUT2D eigenvalue weighted by atomic mass is 10.0. The first-order valence-electron chi connectivity index (χ1n) is 6.77. The summed E-state index contributed by atoms with van der Waals surface area (Å²) in [5, 5.41) is 9.35. The van der Waals surface area contributed by atoms with Gasteiger partial charge in [0, 0.05) is 34.8 Å². The zero-order chi connectivity index (χ0) is 13.1. The molecule has 1 aromatic carbocycles. The van der Waals surface area contributed by atoms with Gasteiger partial charge in [0.2, 0.25) is 5.88 Å². The lowest BCUT2D eigenvalue weighted by molar-refractivity contribution is 0.399. The molecule has 0 saturated carbocycles. The van der Waals surface area contributed by atoms with Crippen molar-refractivity contribution in [1.29, 1.82) is 0 Å². The molecule has 2 heterocycles.